The Morgan fingerprint density at radius 3 is 1.93 bits per heavy atom. The number of hydrogen-bond acceptors (Lipinski definition) is 6. The van der Waals surface area contributed by atoms with Crippen molar-refractivity contribution in [2.24, 2.45) is 0 Å². The highest BCUT2D eigenvalue weighted by Gasteiger charge is 2.36. The standard InChI is InChI=1S/C22H18N2O5S/c1-11-6-5-7-12(2)20(11)24-15-10-16(30(27,28)29)19(23)18-17(15)21(25)13-8-3-4-9-14(13)22(18)26/h3-10,24H,23H2,1-2H3,(H,27,28,29). The van der Waals surface area contributed by atoms with Gasteiger partial charge in [0, 0.05) is 16.8 Å². The summed E-state index contributed by atoms with van der Waals surface area (Å²) in [5.74, 6) is -1.03. The number of hydrogen-bond donors (Lipinski definition) is 3. The maximum Gasteiger partial charge on any atom is 0.296 e. The molecule has 0 amide bonds. The summed E-state index contributed by atoms with van der Waals surface area (Å²) in [6.45, 7) is 3.70. The number of nitrogen functional groups attached to an aromatic ring is 1. The number of para-hydroxylation sites is 1. The number of rotatable bonds is 3. The number of carbonyl (C=O) groups excluding carboxylic acids is 2. The van der Waals surface area contributed by atoms with Crippen LogP contribution >= 0.6 is 0 Å². The molecule has 152 valence electrons. The van der Waals surface area contributed by atoms with Crippen LogP contribution in [-0.4, -0.2) is 24.5 Å². The highest BCUT2D eigenvalue weighted by atomic mass is 32.2. The van der Waals surface area contributed by atoms with E-state index in [1.807, 2.05) is 32.0 Å². The lowest BCUT2D eigenvalue weighted by Gasteiger charge is -2.24. The van der Waals surface area contributed by atoms with Gasteiger partial charge in [-0.2, -0.15) is 8.42 Å². The average Bonchev–Trinajstić information content (AvgIpc) is 2.68. The summed E-state index contributed by atoms with van der Waals surface area (Å²) in [6.07, 6.45) is 0. The third-order valence-electron chi connectivity index (χ3n) is 5.22. The lowest BCUT2D eigenvalue weighted by molar-refractivity contribution is 0.0980. The molecule has 4 N–H and O–H groups in total. The average molecular weight is 422 g/mol. The zero-order valence-corrected chi connectivity index (χ0v) is 17.0. The summed E-state index contributed by atoms with van der Waals surface area (Å²) in [4.78, 5) is 25.8. The number of benzene rings is 3. The molecule has 4 rings (SSSR count). The van der Waals surface area contributed by atoms with Crippen LogP contribution < -0.4 is 11.1 Å². The van der Waals surface area contributed by atoms with Crippen LogP contribution in [0.15, 0.2) is 53.4 Å². The van der Waals surface area contributed by atoms with Gasteiger partial charge in [-0.05, 0) is 31.0 Å². The highest BCUT2D eigenvalue weighted by molar-refractivity contribution is 7.86. The second-order valence-electron chi connectivity index (χ2n) is 7.16. The summed E-state index contributed by atoms with van der Waals surface area (Å²) in [6, 6.07) is 12.9. The lowest BCUT2D eigenvalue weighted by Crippen LogP contribution is -2.25. The molecule has 0 unspecified atom stereocenters. The molecular weight excluding hydrogens is 404 g/mol. The second kappa shape index (κ2) is 6.79. The predicted molar refractivity (Wildman–Crippen MR) is 113 cm³/mol. The van der Waals surface area contributed by atoms with Crippen LogP contribution in [0.25, 0.3) is 0 Å². The fourth-order valence-electron chi connectivity index (χ4n) is 3.75. The third-order valence-corrected chi connectivity index (χ3v) is 6.11. The zero-order chi connectivity index (χ0) is 21.8. The Morgan fingerprint density at radius 2 is 1.40 bits per heavy atom. The Kier molecular flexibility index (Phi) is 4.48. The molecule has 0 heterocycles. The lowest BCUT2D eigenvalue weighted by atomic mass is 9.82. The maximum absolute atomic E-state index is 13.3. The molecule has 30 heavy (non-hydrogen) atoms. The Labute approximate surface area is 173 Å². The van der Waals surface area contributed by atoms with E-state index in [9.17, 15) is 22.6 Å². The Hall–Kier alpha value is -3.49. The van der Waals surface area contributed by atoms with E-state index in [4.69, 9.17) is 5.73 Å². The maximum atomic E-state index is 13.3. The smallest absolute Gasteiger partial charge is 0.296 e. The number of fused-ring (bicyclic) bond motifs is 2. The largest absolute Gasteiger partial charge is 0.397 e. The van der Waals surface area contributed by atoms with Crippen LogP contribution in [0.2, 0.25) is 0 Å². The van der Waals surface area contributed by atoms with Gasteiger partial charge in [0.15, 0.2) is 11.6 Å². The van der Waals surface area contributed by atoms with Crippen LogP contribution in [-0.2, 0) is 10.1 Å². The summed E-state index contributed by atoms with van der Waals surface area (Å²) >= 11 is 0. The summed E-state index contributed by atoms with van der Waals surface area (Å²) in [5.41, 5.74) is 8.05. The summed E-state index contributed by atoms with van der Waals surface area (Å²) in [5, 5.41) is 3.09. The molecule has 3 aromatic carbocycles. The minimum Gasteiger partial charge on any atom is -0.397 e. The fourth-order valence-corrected chi connectivity index (χ4v) is 4.40. The topological polar surface area (TPSA) is 127 Å². The Morgan fingerprint density at radius 1 is 0.867 bits per heavy atom. The number of anilines is 3. The first-order valence-electron chi connectivity index (χ1n) is 9.07. The van der Waals surface area contributed by atoms with Crippen LogP contribution in [0, 0.1) is 13.8 Å². The number of nitrogens with two attached hydrogens (primary N) is 1. The first kappa shape index (κ1) is 19.8. The SMILES string of the molecule is Cc1cccc(C)c1Nc1cc(S(=O)(=O)O)c(N)c2c1C(=O)c1ccccc1C2=O. The van der Waals surface area contributed by atoms with E-state index in [1.54, 1.807) is 12.1 Å². The van der Waals surface area contributed by atoms with E-state index < -0.39 is 32.3 Å². The normalized spacial score (nSPS) is 13.0. The predicted octanol–water partition coefficient (Wildman–Crippen LogP) is 3.65. The van der Waals surface area contributed by atoms with Gasteiger partial charge in [-0.1, -0.05) is 42.5 Å². The van der Waals surface area contributed by atoms with Crippen LogP contribution in [0.1, 0.15) is 43.0 Å². The molecule has 1 aliphatic rings. The van der Waals surface area contributed by atoms with Gasteiger partial charge in [0.05, 0.1) is 22.5 Å². The molecule has 0 fully saturated rings. The molecular formula is C22H18N2O5S. The van der Waals surface area contributed by atoms with Crippen molar-refractivity contribution in [1.29, 1.82) is 0 Å². The Bertz CT molecular complexity index is 1340. The number of ketones is 2. The van der Waals surface area contributed by atoms with Crippen molar-refractivity contribution in [2.45, 2.75) is 18.7 Å². The van der Waals surface area contributed by atoms with Gasteiger partial charge in [0.1, 0.15) is 4.90 Å². The van der Waals surface area contributed by atoms with E-state index in [0.29, 0.717) is 5.69 Å². The molecule has 0 aliphatic heterocycles. The molecule has 7 nitrogen and oxygen atoms in total. The summed E-state index contributed by atoms with van der Waals surface area (Å²) < 4.78 is 33.6. The molecule has 1 aliphatic carbocycles. The van der Waals surface area contributed by atoms with Crippen molar-refractivity contribution in [2.75, 3.05) is 11.1 Å². The van der Waals surface area contributed by atoms with Gasteiger partial charge in [-0.15, -0.1) is 0 Å². The van der Waals surface area contributed by atoms with Gasteiger partial charge in [-0.3, -0.25) is 14.1 Å². The van der Waals surface area contributed by atoms with Crippen LogP contribution in [0.3, 0.4) is 0 Å². The monoisotopic (exact) mass is 422 g/mol. The van der Waals surface area contributed by atoms with E-state index >= 15 is 0 Å². The Balaban J connectivity index is 2.06. The second-order valence-corrected chi connectivity index (χ2v) is 8.55. The first-order valence-corrected chi connectivity index (χ1v) is 10.5. The van der Waals surface area contributed by atoms with E-state index in [1.165, 1.54) is 12.1 Å². The van der Waals surface area contributed by atoms with Gasteiger partial charge >= 0.3 is 0 Å². The third kappa shape index (κ3) is 2.97. The van der Waals surface area contributed by atoms with Crippen molar-refractivity contribution in [1.82, 2.24) is 0 Å². The zero-order valence-electron chi connectivity index (χ0n) is 16.2. The molecule has 0 bridgehead atoms. The molecule has 8 heteroatoms. The molecule has 0 aromatic heterocycles. The van der Waals surface area contributed by atoms with Crippen molar-refractivity contribution in [3.63, 3.8) is 0 Å². The molecule has 3 aromatic rings. The minimum absolute atomic E-state index is 0.0220. The van der Waals surface area contributed by atoms with E-state index in [0.717, 1.165) is 17.2 Å². The first-order chi connectivity index (χ1) is 14.1. The number of aryl methyl sites for hydroxylation is 2. The highest BCUT2D eigenvalue weighted by Crippen LogP contribution is 2.40. The summed E-state index contributed by atoms with van der Waals surface area (Å²) in [7, 11) is -4.75. The van der Waals surface area contributed by atoms with E-state index in [-0.39, 0.29) is 27.9 Å². The van der Waals surface area contributed by atoms with Crippen molar-refractivity contribution >= 4 is 38.7 Å². The molecule has 0 radical (unpaired) electrons. The quantitative estimate of drug-likeness (QED) is 0.340. The van der Waals surface area contributed by atoms with Crippen molar-refractivity contribution < 1.29 is 22.6 Å². The molecule has 0 saturated heterocycles. The number of carbonyl (C=O) groups is 2. The van der Waals surface area contributed by atoms with Crippen LogP contribution in [0.5, 0.6) is 0 Å². The molecule has 0 spiro atoms. The van der Waals surface area contributed by atoms with Crippen LogP contribution in [0.4, 0.5) is 17.1 Å². The molecule has 0 atom stereocenters. The van der Waals surface area contributed by atoms with Crippen molar-refractivity contribution in [3.8, 4) is 0 Å². The van der Waals surface area contributed by atoms with Crippen molar-refractivity contribution in [3.05, 3.63) is 81.9 Å². The van der Waals surface area contributed by atoms with Gasteiger partial charge < -0.3 is 11.1 Å². The van der Waals surface area contributed by atoms with Gasteiger partial charge in [0.2, 0.25) is 0 Å². The fraction of sp³-hybridized carbons (Fsp3) is 0.0909. The van der Waals surface area contributed by atoms with E-state index in [2.05, 4.69) is 5.32 Å². The number of nitrogens with one attached hydrogen (secondary N) is 1. The molecule has 0 saturated carbocycles. The van der Waals surface area contributed by atoms with Gasteiger partial charge in [-0.25, -0.2) is 0 Å². The minimum atomic E-state index is -4.75. The van der Waals surface area contributed by atoms with Gasteiger partial charge in [0.25, 0.3) is 10.1 Å².